The van der Waals surface area contributed by atoms with Crippen LogP contribution in [0, 0.1) is 5.41 Å². The maximum atomic E-state index is 5.84. The van der Waals surface area contributed by atoms with E-state index in [-0.39, 0.29) is 0 Å². The van der Waals surface area contributed by atoms with E-state index in [1.165, 1.54) is 51.4 Å². The van der Waals surface area contributed by atoms with Crippen LogP contribution in [0.5, 0.6) is 0 Å². The first-order valence-electron chi connectivity index (χ1n) is 7.48. The minimum Gasteiger partial charge on any atom is -0.381 e. The van der Waals surface area contributed by atoms with Gasteiger partial charge in [-0.05, 0) is 25.7 Å². The fraction of sp³-hybridized carbons (Fsp3) is 1.00. The molecule has 0 atom stereocenters. The fourth-order valence-corrected chi connectivity index (χ4v) is 2.53. The molecular weight excluding hydrogens is 212 g/mol. The van der Waals surface area contributed by atoms with Gasteiger partial charge in [0.05, 0.1) is 13.2 Å². The summed E-state index contributed by atoms with van der Waals surface area (Å²) in [6.45, 7) is 8.10. The third kappa shape index (κ3) is 5.87. The standard InChI is InChI=1S/C15H30O2/c1-3-5-11-16-13-15(9-7-8-10-15)14-17-12-6-4-2/h3-14H2,1-2H3. The highest BCUT2D eigenvalue weighted by Gasteiger charge is 2.34. The van der Waals surface area contributed by atoms with Gasteiger partial charge in [0.15, 0.2) is 0 Å². The number of rotatable bonds is 10. The summed E-state index contributed by atoms with van der Waals surface area (Å²) in [5.41, 5.74) is 0.349. The molecule has 1 fully saturated rings. The maximum absolute atomic E-state index is 5.84. The quantitative estimate of drug-likeness (QED) is 0.535. The molecule has 1 aliphatic carbocycles. The van der Waals surface area contributed by atoms with E-state index in [4.69, 9.17) is 9.47 Å². The van der Waals surface area contributed by atoms with Crippen molar-refractivity contribution in [2.45, 2.75) is 65.2 Å². The average molecular weight is 242 g/mol. The summed E-state index contributed by atoms with van der Waals surface area (Å²) in [7, 11) is 0. The van der Waals surface area contributed by atoms with E-state index >= 15 is 0 Å². The minimum absolute atomic E-state index is 0.349. The van der Waals surface area contributed by atoms with Gasteiger partial charge in [0.2, 0.25) is 0 Å². The van der Waals surface area contributed by atoms with Crippen molar-refractivity contribution in [1.82, 2.24) is 0 Å². The molecule has 0 bridgehead atoms. The number of hydrogen-bond acceptors (Lipinski definition) is 2. The molecule has 0 aromatic rings. The third-order valence-electron chi connectivity index (χ3n) is 3.77. The topological polar surface area (TPSA) is 18.5 Å². The van der Waals surface area contributed by atoms with Crippen molar-refractivity contribution in [3.63, 3.8) is 0 Å². The molecule has 0 saturated heterocycles. The van der Waals surface area contributed by atoms with Gasteiger partial charge in [0.1, 0.15) is 0 Å². The molecule has 0 radical (unpaired) electrons. The molecule has 17 heavy (non-hydrogen) atoms. The molecule has 0 N–H and O–H groups in total. The van der Waals surface area contributed by atoms with Gasteiger partial charge in [0.25, 0.3) is 0 Å². The van der Waals surface area contributed by atoms with Gasteiger partial charge < -0.3 is 9.47 Å². The highest BCUT2D eigenvalue weighted by atomic mass is 16.5. The second kappa shape index (κ2) is 8.93. The average Bonchev–Trinajstić information content (AvgIpc) is 2.80. The lowest BCUT2D eigenvalue weighted by Gasteiger charge is -2.28. The van der Waals surface area contributed by atoms with E-state index in [0.717, 1.165) is 26.4 Å². The second-order valence-electron chi connectivity index (χ2n) is 5.52. The van der Waals surface area contributed by atoms with E-state index in [1.807, 2.05) is 0 Å². The molecule has 0 aromatic heterocycles. The number of unbranched alkanes of at least 4 members (excludes halogenated alkanes) is 2. The SMILES string of the molecule is CCCCOCC1(COCCCC)CCCC1. The van der Waals surface area contributed by atoms with Crippen LogP contribution in [-0.2, 0) is 9.47 Å². The molecule has 0 aliphatic heterocycles. The molecule has 0 amide bonds. The lowest BCUT2D eigenvalue weighted by molar-refractivity contribution is -0.0205. The van der Waals surface area contributed by atoms with Gasteiger partial charge in [-0.3, -0.25) is 0 Å². The monoisotopic (exact) mass is 242 g/mol. The van der Waals surface area contributed by atoms with Crippen molar-refractivity contribution in [1.29, 1.82) is 0 Å². The van der Waals surface area contributed by atoms with Crippen molar-refractivity contribution in [2.75, 3.05) is 26.4 Å². The molecule has 102 valence electrons. The first-order valence-corrected chi connectivity index (χ1v) is 7.48. The van der Waals surface area contributed by atoms with Gasteiger partial charge in [0, 0.05) is 18.6 Å². The van der Waals surface area contributed by atoms with Crippen LogP contribution >= 0.6 is 0 Å². The van der Waals surface area contributed by atoms with Crippen molar-refractivity contribution in [3.8, 4) is 0 Å². The van der Waals surface area contributed by atoms with Crippen molar-refractivity contribution >= 4 is 0 Å². The highest BCUT2D eigenvalue weighted by molar-refractivity contribution is 4.84. The summed E-state index contributed by atoms with van der Waals surface area (Å²) in [6.07, 6.45) is 10.1. The van der Waals surface area contributed by atoms with Gasteiger partial charge >= 0.3 is 0 Å². The zero-order valence-corrected chi connectivity index (χ0v) is 11.8. The molecule has 0 unspecified atom stereocenters. The Morgan fingerprint density at radius 2 is 1.29 bits per heavy atom. The Labute approximate surface area is 107 Å². The summed E-state index contributed by atoms with van der Waals surface area (Å²) in [5.74, 6) is 0. The molecule has 2 heteroatoms. The summed E-state index contributed by atoms with van der Waals surface area (Å²) >= 11 is 0. The zero-order chi connectivity index (χ0) is 12.4. The van der Waals surface area contributed by atoms with Crippen molar-refractivity contribution < 1.29 is 9.47 Å². The molecule has 0 heterocycles. The summed E-state index contributed by atoms with van der Waals surface area (Å²) in [6, 6.07) is 0. The highest BCUT2D eigenvalue weighted by Crippen LogP contribution is 2.38. The Morgan fingerprint density at radius 3 is 1.71 bits per heavy atom. The van der Waals surface area contributed by atoms with E-state index < -0.39 is 0 Å². The molecule has 0 spiro atoms. The molecule has 1 aliphatic rings. The van der Waals surface area contributed by atoms with E-state index in [0.29, 0.717) is 5.41 Å². The third-order valence-corrected chi connectivity index (χ3v) is 3.77. The minimum atomic E-state index is 0.349. The Bertz CT molecular complexity index is 160. The van der Waals surface area contributed by atoms with Crippen LogP contribution in [0.1, 0.15) is 65.2 Å². The molecular formula is C15H30O2. The van der Waals surface area contributed by atoms with Crippen LogP contribution < -0.4 is 0 Å². The normalized spacial score (nSPS) is 18.7. The molecule has 2 nitrogen and oxygen atoms in total. The van der Waals surface area contributed by atoms with Crippen LogP contribution in [0.15, 0.2) is 0 Å². The Hall–Kier alpha value is -0.0800. The van der Waals surface area contributed by atoms with E-state index in [1.54, 1.807) is 0 Å². The summed E-state index contributed by atoms with van der Waals surface area (Å²) in [5, 5.41) is 0. The molecule has 0 aromatic carbocycles. The van der Waals surface area contributed by atoms with Gasteiger partial charge in [-0.15, -0.1) is 0 Å². The van der Waals surface area contributed by atoms with Crippen LogP contribution in [0.2, 0.25) is 0 Å². The van der Waals surface area contributed by atoms with Crippen LogP contribution in [0.25, 0.3) is 0 Å². The van der Waals surface area contributed by atoms with Crippen LogP contribution in [-0.4, -0.2) is 26.4 Å². The Kier molecular flexibility index (Phi) is 7.87. The van der Waals surface area contributed by atoms with Crippen molar-refractivity contribution in [3.05, 3.63) is 0 Å². The fourth-order valence-electron chi connectivity index (χ4n) is 2.53. The Balaban J connectivity index is 2.19. The first kappa shape index (κ1) is 15.0. The summed E-state index contributed by atoms with van der Waals surface area (Å²) in [4.78, 5) is 0. The predicted molar refractivity (Wildman–Crippen MR) is 72.4 cm³/mol. The van der Waals surface area contributed by atoms with Crippen molar-refractivity contribution in [2.24, 2.45) is 5.41 Å². The molecule has 1 rings (SSSR count). The van der Waals surface area contributed by atoms with E-state index in [9.17, 15) is 0 Å². The van der Waals surface area contributed by atoms with Gasteiger partial charge in [-0.1, -0.05) is 39.5 Å². The number of ether oxygens (including phenoxy) is 2. The van der Waals surface area contributed by atoms with Gasteiger partial charge in [-0.25, -0.2) is 0 Å². The zero-order valence-electron chi connectivity index (χ0n) is 11.8. The summed E-state index contributed by atoms with van der Waals surface area (Å²) < 4.78 is 11.7. The Morgan fingerprint density at radius 1 is 0.824 bits per heavy atom. The van der Waals surface area contributed by atoms with E-state index in [2.05, 4.69) is 13.8 Å². The first-order chi connectivity index (χ1) is 8.33. The lowest BCUT2D eigenvalue weighted by atomic mass is 9.88. The lowest BCUT2D eigenvalue weighted by Crippen LogP contribution is -2.29. The van der Waals surface area contributed by atoms with Gasteiger partial charge in [-0.2, -0.15) is 0 Å². The predicted octanol–water partition coefficient (Wildman–Crippen LogP) is 4.18. The van der Waals surface area contributed by atoms with Crippen LogP contribution in [0.4, 0.5) is 0 Å². The second-order valence-corrected chi connectivity index (χ2v) is 5.52. The van der Waals surface area contributed by atoms with Crippen LogP contribution in [0.3, 0.4) is 0 Å². The maximum Gasteiger partial charge on any atom is 0.0544 e. The number of hydrogen-bond donors (Lipinski definition) is 0. The smallest absolute Gasteiger partial charge is 0.0544 e. The largest absolute Gasteiger partial charge is 0.381 e. The molecule has 1 saturated carbocycles.